The highest BCUT2D eigenvalue weighted by Gasteiger charge is 2.26. The van der Waals surface area contributed by atoms with E-state index in [4.69, 9.17) is 19.9 Å². The van der Waals surface area contributed by atoms with Crippen LogP contribution in [0.15, 0.2) is 98.8 Å². The zero-order valence-corrected chi connectivity index (χ0v) is 24.5. The summed E-state index contributed by atoms with van der Waals surface area (Å²) < 4.78 is 4.01. The van der Waals surface area contributed by atoms with E-state index in [-0.39, 0.29) is 0 Å². The van der Waals surface area contributed by atoms with Crippen molar-refractivity contribution in [2.24, 2.45) is 0 Å². The van der Waals surface area contributed by atoms with Gasteiger partial charge in [-0.3, -0.25) is 18.8 Å². The first-order chi connectivity index (χ1) is 23.8. The summed E-state index contributed by atoms with van der Waals surface area (Å²) in [6, 6.07) is 16.0. The molecule has 10 rings (SSSR count). The lowest BCUT2D eigenvalue weighted by Crippen LogP contribution is -2.26. The third-order valence-corrected chi connectivity index (χ3v) is 8.48. The minimum Gasteiger partial charge on any atom is -0.276 e. The van der Waals surface area contributed by atoms with E-state index in [1.165, 1.54) is 25.3 Å². The summed E-state index contributed by atoms with van der Waals surface area (Å²) >= 11 is 0. The smallest absolute Gasteiger partial charge is 0.170 e. The summed E-state index contributed by atoms with van der Waals surface area (Å²) in [5.74, 6) is 0.609. The fourth-order valence-electron chi connectivity index (χ4n) is 6.61. The summed E-state index contributed by atoms with van der Waals surface area (Å²) in [5, 5.41) is 13.8. The molecular weight excluding hydrogens is 604 g/mol. The van der Waals surface area contributed by atoms with Gasteiger partial charge in [0.2, 0.25) is 0 Å². The zero-order chi connectivity index (χ0) is 31.8. The molecule has 222 valence electrons. The number of fused-ring (bicyclic) bond motifs is 7. The Hall–Kier alpha value is -7.40. The molecule has 8 heterocycles. The van der Waals surface area contributed by atoms with E-state index in [9.17, 15) is 5.26 Å². The highest BCUT2D eigenvalue weighted by Crippen LogP contribution is 2.38. The maximum atomic E-state index is 10.5. The topological polar surface area (TPSA) is 174 Å². The molecule has 0 aliphatic heterocycles. The first kappa shape index (κ1) is 25.9. The van der Waals surface area contributed by atoms with Gasteiger partial charge in [-0.05, 0) is 18.2 Å². The number of aromatic nitrogens is 13. The van der Waals surface area contributed by atoms with Gasteiger partial charge in [-0.25, -0.2) is 44.9 Å². The predicted octanol–water partition coefficient (Wildman–Crippen LogP) is 3.65. The molecule has 10 aromatic rings. The van der Waals surface area contributed by atoms with Crippen molar-refractivity contribution in [3.05, 3.63) is 121 Å². The van der Waals surface area contributed by atoms with Crippen molar-refractivity contribution in [3.63, 3.8) is 0 Å². The zero-order valence-electron chi connectivity index (χ0n) is 24.5. The molecule has 0 unspecified atom stereocenters. The van der Waals surface area contributed by atoms with Crippen LogP contribution in [0.25, 0.3) is 71.7 Å². The average molecular weight is 621 g/mol. The second kappa shape index (κ2) is 9.80. The number of nitrogens with zero attached hydrogens (tertiary/aromatic N) is 14. The molecule has 0 aliphatic rings. The fraction of sp³-hybridized carbons (Fsp3) is 0. The van der Waals surface area contributed by atoms with Crippen molar-refractivity contribution < 1.29 is 0 Å². The molecule has 2 aromatic carbocycles. The van der Waals surface area contributed by atoms with Crippen molar-refractivity contribution in [1.82, 2.24) is 63.6 Å². The Morgan fingerprint density at radius 1 is 0.604 bits per heavy atom. The number of nitriles is 1. The van der Waals surface area contributed by atoms with Crippen molar-refractivity contribution in [2.75, 3.05) is 0 Å². The Kier molecular flexibility index (Phi) is 5.28. The lowest BCUT2D eigenvalue weighted by atomic mass is 10.0. The standard InChI is InChI=1S/C34H16N14/c35-12-19-4-5-21-20-2-1-3-22-26-32(40-11-10-39-26)47(28(20)22)34(25(30-42-14-37-15-43-30)31-44-16-38-17-45-31)48-29(21)24(19)27-33(48)41-13-23(46-27)18-6-8-36-9-7-18/h1-11,13-17H. The van der Waals surface area contributed by atoms with Crippen LogP contribution in [0.5, 0.6) is 0 Å². The van der Waals surface area contributed by atoms with Crippen LogP contribution in [0.2, 0.25) is 0 Å². The number of pyridine rings is 1. The quantitative estimate of drug-likeness (QED) is 0.281. The van der Waals surface area contributed by atoms with Crippen LogP contribution in [-0.4, -0.2) is 63.6 Å². The molecule has 0 saturated carbocycles. The predicted molar refractivity (Wildman–Crippen MR) is 174 cm³/mol. The third-order valence-electron chi connectivity index (χ3n) is 8.48. The van der Waals surface area contributed by atoms with Gasteiger partial charge < -0.3 is 0 Å². The van der Waals surface area contributed by atoms with Gasteiger partial charge in [-0.15, -0.1) is 0 Å². The van der Waals surface area contributed by atoms with Gasteiger partial charge in [0.25, 0.3) is 0 Å². The van der Waals surface area contributed by atoms with Crippen molar-refractivity contribution in [2.45, 2.75) is 0 Å². The fourth-order valence-corrected chi connectivity index (χ4v) is 6.61. The van der Waals surface area contributed by atoms with Crippen molar-refractivity contribution >= 4 is 60.5 Å². The summed E-state index contributed by atoms with van der Waals surface area (Å²) in [6.45, 7) is 0. The number of hydrogen-bond donors (Lipinski definition) is 0. The van der Waals surface area contributed by atoms with Gasteiger partial charge in [0.05, 0.1) is 34.6 Å². The monoisotopic (exact) mass is 620 g/mol. The second-order valence-electron chi connectivity index (χ2n) is 10.9. The molecule has 48 heavy (non-hydrogen) atoms. The lowest BCUT2D eigenvalue weighted by molar-refractivity contribution is 0.938. The van der Waals surface area contributed by atoms with Gasteiger partial charge in [0.15, 0.2) is 22.9 Å². The molecule has 0 N–H and O–H groups in total. The molecule has 0 bridgehead atoms. The van der Waals surface area contributed by atoms with E-state index in [1.54, 1.807) is 31.0 Å². The van der Waals surface area contributed by atoms with Gasteiger partial charge in [-0.2, -0.15) is 5.26 Å². The van der Waals surface area contributed by atoms with Crippen LogP contribution < -0.4 is 5.48 Å². The highest BCUT2D eigenvalue weighted by molar-refractivity contribution is 6.23. The Morgan fingerprint density at radius 2 is 1.27 bits per heavy atom. The average Bonchev–Trinajstić information content (AvgIpc) is 3.63. The second-order valence-corrected chi connectivity index (χ2v) is 10.9. The molecule has 0 saturated heterocycles. The molecule has 0 aliphatic carbocycles. The maximum absolute atomic E-state index is 10.5. The number of rotatable bonds is 3. The first-order valence-corrected chi connectivity index (χ1v) is 14.7. The van der Waals surface area contributed by atoms with E-state index in [0.29, 0.717) is 61.7 Å². The van der Waals surface area contributed by atoms with E-state index < -0.39 is 0 Å². The van der Waals surface area contributed by atoms with E-state index in [2.05, 4.69) is 47.0 Å². The molecule has 14 nitrogen and oxygen atoms in total. The molecule has 0 fully saturated rings. The number of para-hydroxylation sites is 1. The molecule has 0 atom stereocenters. The van der Waals surface area contributed by atoms with Crippen LogP contribution in [-0.2, 0) is 0 Å². The van der Waals surface area contributed by atoms with Crippen LogP contribution >= 0.6 is 0 Å². The van der Waals surface area contributed by atoms with E-state index >= 15 is 0 Å². The van der Waals surface area contributed by atoms with Crippen LogP contribution in [0, 0.1) is 11.3 Å². The maximum Gasteiger partial charge on any atom is 0.170 e. The summed E-state index contributed by atoms with van der Waals surface area (Å²) in [5.41, 5.74) is 6.79. The van der Waals surface area contributed by atoms with Crippen LogP contribution in [0.3, 0.4) is 0 Å². The number of benzene rings is 2. The molecule has 14 heteroatoms. The van der Waals surface area contributed by atoms with Crippen molar-refractivity contribution in [3.8, 4) is 17.3 Å². The first-order valence-electron chi connectivity index (χ1n) is 14.7. The van der Waals surface area contributed by atoms with Gasteiger partial charge >= 0.3 is 0 Å². The van der Waals surface area contributed by atoms with E-state index in [1.807, 2.05) is 45.2 Å². The molecule has 8 aromatic heterocycles. The summed E-state index contributed by atoms with van der Waals surface area (Å²) in [6.07, 6.45) is 14.1. The third kappa shape index (κ3) is 3.46. The van der Waals surface area contributed by atoms with Crippen LogP contribution in [0.1, 0.15) is 17.2 Å². The van der Waals surface area contributed by atoms with Gasteiger partial charge in [0.1, 0.15) is 47.4 Å². The Labute approximate surface area is 267 Å². The Morgan fingerprint density at radius 3 is 2.02 bits per heavy atom. The molecule has 0 spiro atoms. The lowest BCUT2D eigenvalue weighted by Gasteiger charge is -2.08. The highest BCUT2D eigenvalue weighted by atomic mass is 15.1. The van der Waals surface area contributed by atoms with Gasteiger partial charge in [0, 0.05) is 51.9 Å². The Balaban J connectivity index is 1.62. The van der Waals surface area contributed by atoms with Gasteiger partial charge in [-0.1, -0.05) is 24.3 Å². The molecular formula is C34H16N14. The van der Waals surface area contributed by atoms with E-state index in [0.717, 1.165) is 32.8 Å². The summed E-state index contributed by atoms with van der Waals surface area (Å²) in [4.78, 5) is 50.5. The summed E-state index contributed by atoms with van der Waals surface area (Å²) in [7, 11) is 0. The minimum absolute atomic E-state index is 0.304. The minimum atomic E-state index is 0.304. The number of hydrogen-bond acceptors (Lipinski definition) is 12. The largest absolute Gasteiger partial charge is 0.276 e. The molecule has 0 amide bonds. The Bertz CT molecular complexity index is 2960. The van der Waals surface area contributed by atoms with Crippen LogP contribution in [0.4, 0.5) is 0 Å². The SMILES string of the molecule is N#Cc1ccc2c3cccc4c5nccnc5n(c(=C(c5ncncn5)c5ncncn5)n5c6ncc(-c7ccncc7)nc6c1c25)c34. The molecule has 0 radical (unpaired) electrons. The normalized spacial score (nSPS) is 11.7. The van der Waals surface area contributed by atoms with Crippen molar-refractivity contribution in [1.29, 1.82) is 5.26 Å².